The third-order valence-corrected chi connectivity index (χ3v) is 19.9. The van der Waals surface area contributed by atoms with Crippen LogP contribution in [0.15, 0.2) is 237 Å². The minimum absolute atomic E-state index is 1.20. The van der Waals surface area contributed by atoms with Gasteiger partial charge in [0.05, 0.1) is 0 Å². The molecule has 0 bridgehead atoms. The summed E-state index contributed by atoms with van der Waals surface area (Å²) in [6, 6.07) is 88.8. The Morgan fingerprint density at radius 3 is 0.786 bits per heavy atom. The van der Waals surface area contributed by atoms with E-state index in [-0.39, 0.29) is 0 Å². The van der Waals surface area contributed by atoms with E-state index in [0.717, 1.165) is 0 Å². The third-order valence-electron chi connectivity index (χ3n) is 14.8. The normalized spacial score (nSPS) is 12.2. The molecule has 14 aromatic rings. The van der Waals surface area contributed by atoms with Crippen LogP contribution in [0.25, 0.3) is 141 Å². The first-order valence-corrected chi connectivity index (χ1v) is 32.5. The highest BCUT2D eigenvalue weighted by atomic mass is 80.0. The summed E-state index contributed by atoms with van der Waals surface area (Å²) in [4.78, 5) is 0. The molecule has 70 heavy (non-hydrogen) atoms. The molecule has 0 spiro atoms. The van der Waals surface area contributed by atoms with Gasteiger partial charge in [0.2, 0.25) is 0 Å². The molecule has 0 aliphatic heterocycles. The standard InChI is InChI=1S/C66H39Br3Si/c67-70(68,69)46-33-34-57-62(39-46)66(54-32-14-22-43-18-4-8-26-50(43)54)61-38-45-36-59-58(35-44(45)37-60(61)65(57)53-31-13-21-42-17-3-7-25-49(42)53)63(51-29-11-19-40-15-1-5-23-47(40)51)55-27-9-10-28-56(55)64(59)52-30-12-20-41-16-2-6-24-48(41)52/h1-39H. The number of rotatable bonds is 5. The summed E-state index contributed by atoms with van der Waals surface area (Å²) in [5, 5.41) is 23.4. The van der Waals surface area contributed by atoms with E-state index in [9.17, 15) is 0 Å². The van der Waals surface area contributed by atoms with E-state index >= 15 is 0 Å². The lowest BCUT2D eigenvalue weighted by Crippen LogP contribution is -2.27. The Hall–Kier alpha value is -6.92. The third kappa shape index (κ3) is 6.58. The van der Waals surface area contributed by atoms with Gasteiger partial charge in [-0.3, -0.25) is 0 Å². The molecule has 0 radical (unpaired) electrons. The SMILES string of the molecule is Br[Si](Br)(Br)c1ccc2c(-c3cccc4ccccc34)c3cc4cc5c(-c6cccc7ccccc67)c6ccccc6c(-c6cccc7ccccc67)c5cc4cc3c(-c3cccc4ccccc34)c2c1. The molecule has 0 unspecified atom stereocenters. The lowest BCUT2D eigenvalue weighted by molar-refractivity contribution is 1.69. The van der Waals surface area contributed by atoms with Crippen LogP contribution in [0.3, 0.4) is 0 Å². The molecule has 0 heterocycles. The Morgan fingerprint density at radius 1 is 0.200 bits per heavy atom. The molecule has 0 saturated heterocycles. The minimum Gasteiger partial charge on any atom is -0.0910 e. The maximum absolute atomic E-state index is 4.06. The van der Waals surface area contributed by atoms with E-state index in [2.05, 4.69) is 282 Å². The maximum atomic E-state index is 4.06. The summed E-state index contributed by atoms with van der Waals surface area (Å²) in [7, 11) is 0. The first-order valence-electron chi connectivity index (χ1n) is 23.7. The number of hydrogen-bond acceptors (Lipinski definition) is 0. The minimum atomic E-state index is -2.30. The molecule has 0 atom stereocenters. The van der Waals surface area contributed by atoms with Crippen LogP contribution in [0.1, 0.15) is 0 Å². The van der Waals surface area contributed by atoms with Gasteiger partial charge in [0.1, 0.15) is 0 Å². The number of benzene rings is 14. The van der Waals surface area contributed by atoms with Crippen molar-refractivity contribution in [3.8, 4) is 44.5 Å². The summed E-state index contributed by atoms with van der Waals surface area (Å²) in [6.45, 7) is 0. The van der Waals surface area contributed by atoms with E-state index in [1.807, 2.05) is 0 Å². The van der Waals surface area contributed by atoms with Crippen molar-refractivity contribution in [2.24, 2.45) is 0 Å². The van der Waals surface area contributed by atoms with Crippen LogP contribution < -0.4 is 5.19 Å². The van der Waals surface area contributed by atoms with Gasteiger partial charge in [-0.15, -0.1) is 0 Å². The zero-order valence-electron chi connectivity index (χ0n) is 37.7. The zero-order valence-corrected chi connectivity index (χ0v) is 43.4. The molecule has 0 aromatic heterocycles. The fourth-order valence-electron chi connectivity index (χ4n) is 11.8. The van der Waals surface area contributed by atoms with Gasteiger partial charge in [-0.1, -0.05) is 258 Å². The van der Waals surface area contributed by atoms with E-state index < -0.39 is 3.93 Å². The fourth-order valence-corrected chi connectivity index (χ4v) is 14.6. The molecule has 328 valence electrons. The van der Waals surface area contributed by atoms with Crippen molar-refractivity contribution in [3.63, 3.8) is 0 Å². The quantitative estimate of drug-likeness (QED) is 0.0915. The molecule has 4 heteroatoms. The van der Waals surface area contributed by atoms with Gasteiger partial charge in [0, 0.05) is 0 Å². The van der Waals surface area contributed by atoms with Crippen LogP contribution in [0.4, 0.5) is 0 Å². The Labute approximate surface area is 429 Å². The Balaban J connectivity index is 1.22. The van der Waals surface area contributed by atoms with Gasteiger partial charge in [-0.25, -0.2) is 0 Å². The molecular formula is C66H39Br3Si. The predicted octanol–water partition coefficient (Wildman–Crippen LogP) is 20.1. The summed E-state index contributed by atoms with van der Waals surface area (Å²) in [5.41, 5.74) is 9.94. The van der Waals surface area contributed by atoms with Crippen molar-refractivity contribution >= 4 is 152 Å². The van der Waals surface area contributed by atoms with Crippen LogP contribution in [-0.2, 0) is 0 Å². The number of hydrogen-bond donors (Lipinski definition) is 0. The fraction of sp³-hybridized carbons (Fsp3) is 0. The molecule has 0 saturated carbocycles. The Bertz CT molecular complexity index is 4510. The van der Waals surface area contributed by atoms with Gasteiger partial charge < -0.3 is 0 Å². The van der Waals surface area contributed by atoms with E-state index in [4.69, 9.17) is 0 Å². The summed E-state index contributed by atoms with van der Waals surface area (Å²) in [5.74, 6) is 0. The lowest BCUT2D eigenvalue weighted by Gasteiger charge is -2.23. The van der Waals surface area contributed by atoms with Crippen molar-refractivity contribution in [1.29, 1.82) is 0 Å². The largest absolute Gasteiger partial charge is 0.297 e. The summed E-state index contributed by atoms with van der Waals surface area (Å²) >= 11 is 12.2. The number of fused-ring (bicyclic) bond motifs is 9. The van der Waals surface area contributed by atoms with Crippen LogP contribution in [-0.4, -0.2) is 3.93 Å². The average molecular weight is 1100 g/mol. The second kappa shape index (κ2) is 16.3. The van der Waals surface area contributed by atoms with Gasteiger partial charge >= 0.3 is 0 Å². The summed E-state index contributed by atoms with van der Waals surface area (Å²) in [6.07, 6.45) is 0. The van der Waals surface area contributed by atoms with Crippen molar-refractivity contribution in [1.82, 2.24) is 0 Å². The van der Waals surface area contributed by atoms with Crippen LogP contribution in [0, 0.1) is 0 Å². The van der Waals surface area contributed by atoms with E-state index in [1.54, 1.807) is 0 Å². The predicted molar refractivity (Wildman–Crippen MR) is 318 cm³/mol. The lowest BCUT2D eigenvalue weighted by atomic mass is 9.81. The van der Waals surface area contributed by atoms with Crippen molar-refractivity contribution in [3.05, 3.63) is 237 Å². The molecular weight excluding hydrogens is 1060 g/mol. The monoisotopic (exact) mass is 1100 g/mol. The van der Waals surface area contributed by atoms with Crippen LogP contribution in [0.2, 0.25) is 0 Å². The smallest absolute Gasteiger partial charge is 0.0910 e. The highest BCUT2D eigenvalue weighted by molar-refractivity contribution is 9.72. The molecule has 0 amide bonds. The average Bonchev–Trinajstić information content (AvgIpc) is 3.40. The van der Waals surface area contributed by atoms with Crippen molar-refractivity contribution in [2.45, 2.75) is 0 Å². The maximum Gasteiger partial charge on any atom is 0.297 e. The molecule has 14 aromatic carbocycles. The second-order valence-corrected chi connectivity index (χ2v) is 40.4. The van der Waals surface area contributed by atoms with Gasteiger partial charge in [-0.05, 0) is 171 Å². The molecule has 0 nitrogen and oxygen atoms in total. The molecule has 0 fully saturated rings. The first-order chi connectivity index (χ1) is 34.4. The second-order valence-electron chi connectivity index (χ2n) is 18.6. The molecule has 0 N–H and O–H groups in total. The molecule has 0 aliphatic carbocycles. The van der Waals surface area contributed by atoms with E-state index in [1.165, 1.54) is 147 Å². The Kier molecular flexibility index (Phi) is 9.80. The van der Waals surface area contributed by atoms with Crippen LogP contribution in [0.5, 0.6) is 0 Å². The highest BCUT2D eigenvalue weighted by Crippen LogP contribution is 2.51. The first kappa shape index (κ1) is 42.0. The van der Waals surface area contributed by atoms with Gasteiger partial charge in [-0.2, -0.15) is 0 Å². The van der Waals surface area contributed by atoms with Gasteiger partial charge in [0.25, 0.3) is 3.93 Å². The number of halogens is 3. The topological polar surface area (TPSA) is 0 Å². The van der Waals surface area contributed by atoms with Crippen molar-refractivity contribution < 1.29 is 0 Å². The molecule has 14 rings (SSSR count). The Morgan fingerprint density at radius 2 is 0.457 bits per heavy atom. The van der Waals surface area contributed by atoms with E-state index in [0.29, 0.717) is 0 Å². The summed E-state index contributed by atoms with van der Waals surface area (Å²) < 4.78 is -2.30. The van der Waals surface area contributed by atoms with Crippen molar-refractivity contribution in [2.75, 3.05) is 0 Å². The van der Waals surface area contributed by atoms with Gasteiger partial charge in [0.15, 0.2) is 0 Å². The zero-order chi connectivity index (χ0) is 46.7. The molecule has 0 aliphatic rings. The van der Waals surface area contributed by atoms with Crippen LogP contribution >= 0.6 is 45.9 Å². The highest BCUT2D eigenvalue weighted by Gasteiger charge is 2.28.